The molecule has 4 aliphatic rings. The summed E-state index contributed by atoms with van der Waals surface area (Å²) in [5.41, 5.74) is 4.30. The van der Waals surface area contributed by atoms with Gasteiger partial charge in [0.2, 0.25) is 11.8 Å². The summed E-state index contributed by atoms with van der Waals surface area (Å²) in [6.45, 7) is -0.117. The van der Waals surface area contributed by atoms with Crippen LogP contribution in [0.5, 0.6) is 0 Å². The minimum Gasteiger partial charge on any atom is -0.453 e. The molecule has 4 aliphatic heterocycles. The molecule has 2 unspecified atom stereocenters. The number of nitrogens with one attached hydrogen (secondary N) is 4. The van der Waals surface area contributed by atoms with Gasteiger partial charge in [0.15, 0.2) is 0 Å². The molecule has 4 saturated heterocycles. The number of alkyl carbamates (subject to hydrolysis) is 2. The number of aromatic nitrogens is 4. The van der Waals surface area contributed by atoms with E-state index >= 15 is 17.6 Å². The predicted octanol–water partition coefficient (Wildman–Crippen LogP) is 6.25. The molecule has 4 aromatic rings. The zero-order valence-electron chi connectivity index (χ0n) is 35.3. The van der Waals surface area contributed by atoms with E-state index in [1.807, 2.05) is 48.5 Å². The topological polar surface area (TPSA) is 193 Å². The summed E-state index contributed by atoms with van der Waals surface area (Å²) in [6.07, 6.45) is 2.02. The number of imidazole rings is 2. The fourth-order valence-electron chi connectivity index (χ4n) is 9.17. The molecule has 16 nitrogen and oxygen atoms in total. The average Bonchev–Trinajstić information content (AvgIpc) is 4.13. The number of halogens is 4. The van der Waals surface area contributed by atoms with Gasteiger partial charge in [0, 0.05) is 39.3 Å². The molecule has 0 saturated carbocycles. The van der Waals surface area contributed by atoms with Crippen molar-refractivity contribution in [3.8, 4) is 33.6 Å². The molecule has 342 valence electrons. The van der Waals surface area contributed by atoms with Crippen LogP contribution in [0.15, 0.2) is 60.9 Å². The van der Waals surface area contributed by atoms with Crippen LogP contribution in [0, 0.1) is 11.8 Å². The third-order valence-corrected chi connectivity index (χ3v) is 12.6. The van der Waals surface area contributed by atoms with Crippen LogP contribution in [0.4, 0.5) is 27.2 Å². The third-order valence-electron chi connectivity index (χ3n) is 12.6. The number of hydrogen-bond acceptors (Lipinski definition) is 10. The summed E-state index contributed by atoms with van der Waals surface area (Å²) in [6, 6.07) is 10.7. The van der Waals surface area contributed by atoms with Gasteiger partial charge in [0.25, 0.3) is 11.8 Å². The van der Waals surface area contributed by atoms with Crippen molar-refractivity contribution in [2.45, 2.75) is 74.5 Å². The first kappa shape index (κ1) is 44.6. The highest BCUT2D eigenvalue weighted by Gasteiger charge is 2.52. The second kappa shape index (κ2) is 18.6. The summed E-state index contributed by atoms with van der Waals surface area (Å²) < 4.78 is 80.3. The highest BCUT2D eigenvalue weighted by Crippen LogP contribution is 2.43. The fraction of sp³-hybridized carbons (Fsp3) is 0.500. The Morgan fingerprint density at radius 1 is 0.625 bits per heavy atom. The van der Waals surface area contributed by atoms with E-state index in [0.29, 0.717) is 63.5 Å². The van der Waals surface area contributed by atoms with E-state index in [1.165, 1.54) is 26.6 Å². The molecule has 0 bridgehead atoms. The van der Waals surface area contributed by atoms with Gasteiger partial charge >= 0.3 is 12.2 Å². The van der Waals surface area contributed by atoms with E-state index in [-0.39, 0.29) is 23.5 Å². The van der Waals surface area contributed by atoms with Crippen molar-refractivity contribution in [1.29, 1.82) is 0 Å². The summed E-state index contributed by atoms with van der Waals surface area (Å²) in [5, 5.41) is 5.14. The maximum Gasteiger partial charge on any atom is 0.407 e. The van der Waals surface area contributed by atoms with Crippen molar-refractivity contribution in [1.82, 2.24) is 40.4 Å². The van der Waals surface area contributed by atoms with Gasteiger partial charge < -0.3 is 49.3 Å². The van der Waals surface area contributed by atoms with Crippen LogP contribution in [-0.4, -0.2) is 131 Å². The molecule has 0 aliphatic carbocycles. The largest absolute Gasteiger partial charge is 0.453 e. The number of ether oxygens (including phenoxy) is 4. The molecular formula is C44H50F4N8O8. The van der Waals surface area contributed by atoms with Gasteiger partial charge in [-0.3, -0.25) is 9.59 Å². The molecule has 20 heteroatoms. The summed E-state index contributed by atoms with van der Waals surface area (Å²) in [5.74, 6) is -7.87. The Labute approximate surface area is 365 Å². The number of hydrogen-bond donors (Lipinski definition) is 4. The number of rotatable bonds is 11. The number of likely N-dealkylation sites (tertiary alicyclic amines) is 2. The van der Waals surface area contributed by atoms with Crippen LogP contribution in [-0.2, 0) is 28.5 Å². The normalized spacial score (nSPS) is 22.2. The van der Waals surface area contributed by atoms with Gasteiger partial charge in [-0.25, -0.2) is 37.1 Å². The van der Waals surface area contributed by atoms with Gasteiger partial charge in [-0.1, -0.05) is 48.5 Å². The Bertz CT molecular complexity index is 2140. The van der Waals surface area contributed by atoms with Gasteiger partial charge in [0.05, 0.1) is 63.2 Å². The Kier molecular flexibility index (Phi) is 13.0. The van der Waals surface area contributed by atoms with E-state index in [1.54, 1.807) is 0 Å². The summed E-state index contributed by atoms with van der Waals surface area (Å²) in [4.78, 5) is 69.6. The van der Waals surface area contributed by atoms with Crippen molar-refractivity contribution >= 4 is 24.0 Å². The SMILES string of the molecule is COC(=O)NC(C(=O)N1CC(F)(F)C[C@H]1c1ncc(-c2ccc(-c3ccc(-c4cnc([C@@H]5CC(F)(F)CN5C(=O)C(NC(=O)OC)C5CCOCC5)[nH]4)cc3)cc2)[nH]1)C1CCOCC1. The van der Waals surface area contributed by atoms with Gasteiger partial charge in [-0.2, -0.15) is 0 Å². The lowest BCUT2D eigenvalue weighted by atomic mass is 9.90. The first-order valence-electron chi connectivity index (χ1n) is 21.2. The number of methoxy groups -OCH3 is 2. The number of nitrogens with zero attached hydrogens (tertiary/aromatic N) is 4. The second-order valence-electron chi connectivity index (χ2n) is 16.7. The Morgan fingerprint density at radius 2 is 0.969 bits per heavy atom. The van der Waals surface area contributed by atoms with Crippen molar-refractivity contribution in [3.05, 3.63) is 72.6 Å². The average molecular weight is 895 g/mol. The third kappa shape index (κ3) is 9.71. The van der Waals surface area contributed by atoms with Crippen molar-refractivity contribution in [3.63, 3.8) is 0 Å². The quantitative estimate of drug-likeness (QED) is 0.125. The summed E-state index contributed by atoms with van der Waals surface area (Å²) in [7, 11) is 2.34. The second-order valence-corrected chi connectivity index (χ2v) is 16.7. The minimum absolute atomic E-state index is 0.196. The predicted molar refractivity (Wildman–Crippen MR) is 221 cm³/mol. The van der Waals surface area contributed by atoms with Crippen LogP contribution >= 0.6 is 0 Å². The van der Waals surface area contributed by atoms with Gasteiger partial charge in [-0.15, -0.1) is 0 Å². The Morgan fingerprint density at radius 3 is 1.31 bits per heavy atom. The number of aromatic amines is 2. The smallest absolute Gasteiger partial charge is 0.407 e. The molecule has 4 amide bonds. The minimum atomic E-state index is -3.18. The molecule has 64 heavy (non-hydrogen) atoms. The number of H-pyrrole nitrogens is 2. The first-order chi connectivity index (χ1) is 30.7. The zero-order chi connectivity index (χ0) is 45.2. The molecular weight excluding hydrogens is 845 g/mol. The van der Waals surface area contributed by atoms with Crippen LogP contribution in [0.25, 0.3) is 33.6 Å². The first-order valence-corrected chi connectivity index (χ1v) is 21.2. The van der Waals surface area contributed by atoms with Crippen LogP contribution in [0.1, 0.15) is 62.3 Å². The number of alkyl halides is 4. The number of carbonyl (C=O) groups is 4. The molecule has 4 N–H and O–H groups in total. The van der Waals surface area contributed by atoms with Crippen LogP contribution in [0.2, 0.25) is 0 Å². The van der Waals surface area contributed by atoms with Gasteiger partial charge in [0.1, 0.15) is 23.7 Å². The van der Waals surface area contributed by atoms with E-state index < -0.39 is 85.9 Å². The van der Waals surface area contributed by atoms with Crippen LogP contribution in [0.3, 0.4) is 0 Å². The van der Waals surface area contributed by atoms with Crippen molar-refractivity contribution in [2.75, 3.05) is 53.7 Å². The lowest BCUT2D eigenvalue weighted by molar-refractivity contribution is -0.138. The Hall–Kier alpha value is -6.02. The van der Waals surface area contributed by atoms with Crippen LogP contribution < -0.4 is 10.6 Å². The number of carbonyl (C=O) groups excluding carboxylic acids is 4. The lowest BCUT2D eigenvalue weighted by Crippen LogP contribution is -2.53. The molecule has 2 aromatic heterocycles. The Balaban J connectivity index is 0.947. The molecule has 8 rings (SSSR count). The van der Waals surface area contributed by atoms with Gasteiger partial charge in [-0.05, 0) is 59.8 Å². The highest BCUT2D eigenvalue weighted by molar-refractivity contribution is 5.87. The van der Waals surface area contributed by atoms with E-state index in [2.05, 4.69) is 30.6 Å². The molecule has 4 fully saturated rings. The lowest BCUT2D eigenvalue weighted by Gasteiger charge is -2.33. The molecule has 2 aromatic carbocycles. The maximum absolute atomic E-state index is 15.0. The van der Waals surface area contributed by atoms with Crippen molar-refractivity contribution < 1.29 is 55.7 Å². The number of benzene rings is 2. The molecule has 0 spiro atoms. The van der Waals surface area contributed by atoms with E-state index in [4.69, 9.17) is 18.9 Å². The maximum atomic E-state index is 15.0. The van der Waals surface area contributed by atoms with E-state index in [0.717, 1.165) is 32.1 Å². The number of amides is 4. The fourth-order valence-corrected chi connectivity index (χ4v) is 9.17. The molecule has 6 heterocycles. The standard InChI is InChI=1S/C44H50F4N8O8/c1-61-41(59)53-35(29-11-15-63-16-12-29)39(57)55-23-43(45,46)19-33(55)37-49-21-31(51-37)27-7-3-25(4-8-27)26-5-9-28(10-6-26)32-22-50-38(52-32)34-20-44(47,48)24-56(34)40(58)36(54-42(60)62-2)30-13-17-64-18-14-30/h3-10,21-22,29-30,33-36H,11-20,23-24H2,1-2H3,(H,49,51)(H,50,52)(H,53,59)(H,54,60)/t33-,34-,35?,36?/m0/s1. The molecule has 0 radical (unpaired) electrons. The van der Waals surface area contributed by atoms with Crippen molar-refractivity contribution in [2.24, 2.45) is 11.8 Å². The summed E-state index contributed by atoms with van der Waals surface area (Å²) >= 11 is 0. The zero-order valence-corrected chi connectivity index (χ0v) is 35.3. The monoisotopic (exact) mass is 894 g/mol. The molecule has 4 atom stereocenters. The van der Waals surface area contributed by atoms with E-state index in [9.17, 15) is 19.2 Å². The highest BCUT2D eigenvalue weighted by atomic mass is 19.3.